The van der Waals surface area contributed by atoms with Crippen LogP contribution in [-0.2, 0) is 26.7 Å². The van der Waals surface area contributed by atoms with Gasteiger partial charge in [-0.15, -0.1) is 25.3 Å². The molecule has 0 aromatic heterocycles. The number of nitrogens with one attached hydrogen (secondary N) is 2. The van der Waals surface area contributed by atoms with Crippen molar-refractivity contribution in [3.05, 3.63) is 48.5 Å². The van der Waals surface area contributed by atoms with Gasteiger partial charge in [0.25, 0.3) is 0 Å². The molecule has 2 heterocycles. The van der Waals surface area contributed by atoms with E-state index in [-0.39, 0.29) is 17.1 Å². The molecule has 11 heteroatoms. The van der Waals surface area contributed by atoms with E-state index < -0.39 is 20.3 Å². The maximum atomic E-state index is 10.8. The quantitative estimate of drug-likeness (QED) is 0.280. The summed E-state index contributed by atoms with van der Waals surface area (Å²) in [6, 6.07) is 14.9. The largest absolute Gasteiger partial charge is 0.478 e. The molecule has 0 fully saturated rings. The smallest absolute Gasteiger partial charge is 0.351 e. The maximum absolute atomic E-state index is 10.8. The summed E-state index contributed by atoms with van der Waals surface area (Å²) >= 11 is 10.5. The fourth-order valence-corrected chi connectivity index (χ4v) is 4.96. The van der Waals surface area contributed by atoms with Gasteiger partial charge in [-0.3, -0.25) is 0 Å². The van der Waals surface area contributed by atoms with Crippen LogP contribution >= 0.6 is 48.8 Å². The maximum Gasteiger partial charge on any atom is 0.351 e. The van der Waals surface area contributed by atoms with Gasteiger partial charge in [0.15, 0.2) is 0 Å². The number of hydrogen-bond donors (Lipinski definition) is 6. The number of para-hydroxylation sites is 2. The van der Waals surface area contributed by atoms with E-state index in [1.54, 1.807) is 0 Å². The number of rotatable bonds is 2. The fourth-order valence-electron chi connectivity index (χ4n) is 2.25. The minimum Gasteiger partial charge on any atom is -0.478 e. The van der Waals surface area contributed by atoms with Crippen molar-refractivity contribution in [3.63, 3.8) is 0 Å². The van der Waals surface area contributed by atoms with Gasteiger partial charge in [-0.1, -0.05) is 47.8 Å². The van der Waals surface area contributed by atoms with Crippen molar-refractivity contribution in [1.82, 2.24) is 0 Å². The molecule has 2 unspecified atom stereocenters. The van der Waals surface area contributed by atoms with Crippen molar-refractivity contribution in [2.24, 2.45) is 0 Å². The predicted molar refractivity (Wildman–Crippen MR) is 111 cm³/mol. The number of thiol groups is 2. The Bertz CT molecular complexity index is 762. The van der Waals surface area contributed by atoms with Crippen molar-refractivity contribution in [2.75, 3.05) is 10.6 Å². The van der Waals surface area contributed by atoms with Gasteiger partial charge >= 0.3 is 11.9 Å². The first-order valence-corrected chi connectivity index (χ1v) is 9.80. The SMILES string of the molecule is O=C(O)C1(S)Nc2ccccc2S1.O=C(O)C1(S)Nc2ccccc2S1.[Cu]. The second kappa shape index (κ2) is 8.50. The molecule has 0 spiro atoms. The molecule has 1 radical (unpaired) electrons. The van der Waals surface area contributed by atoms with E-state index in [0.717, 1.165) is 21.2 Å². The minimum atomic E-state index is -1.22. The molecule has 0 bridgehead atoms. The Morgan fingerprint density at radius 2 is 1.11 bits per heavy atom. The first kappa shape index (κ1) is 22.2. The number of thioether (sulfide) groups is 2. The monoisotopic (exact) mass is 489 g/mol. The van der Waals surface area contributed by atoms with Crippen LogP contribution in [0.4, 0.5) is 11.4 Å². The van der Waals surface area contributed by atoms with E-state index in [0.29, 0.717) is 0 Å². The van der Waals surface area contributed by atoms with Crippen LogP contribution in [-0.4, -0.2) is 30.6 Å². The van der Waals surface area contributed by atoms with Crippen molar-refractivity contribution in [3.8, 4) is 0 Å². The second-order valence-corrected chi connectivity index (χ2v) is 9.80. The predicted octanol–water partition coefficient (Wildman–Crippen LogP) is 3.74. The molecule has 0 saturated carbocycles. The number of carboxylic acid groups (broad SMARTS) is 2. The third-order valence-electron chi connectivity index (χ3n) is 3.48. The zero-order valence-electron chi connectivity index (χ0n) is 13.3. The molecule has 0 aliphatic carbocycles. The van der Waals surface area contributed by atoms with E-state index in [1.807, 2.05) is 48.5 Å². The van der Waals surface area contributed by atoms with Gasteiger partial charge in [0.1, 0.15) is 0 Å². The average Bonchev–Trinajstić information content (AvgIpc) is 3.12. The summed E-state index contributed by atoms with van der Waals surface area (Å²) in [4.78, 5) is 23.5. The van der Waals surface area contributed by atoms with E-state index in [4.69, 9.17) is 10.2 Å². The second-order valence-electron chi connectivity index (χ2n) is 5.34. The average molecular weight is 490 g/mol. The number of hydrogen-bond acceptors (Lipinski definition) is 8. The normalized spacial score (nSPS) is 24.1. The van der Waals surface area contributed by atoms with E-state index >= 15 is 0 Å². The first-order chi connectivity index (χ1) is 12.2. The van der Waals surface area contributed by atoms with Crippen LogP contribution in [0, 0.1) is 0 Å². The van der Waals surface area contributed by atoms with Crippen LogP contribution in [0.1, 0.15) is 0 Å². The van der Waals surface area contributed by atoms with Crippen molar-refractivity contribution >= 4 is 72.1 Å². The van der Waals surface area contributed by atoms with E-state index in [9.17, 15) is 9.59 Å². The molecule has 2 aliphatic heterocycles. The topological polar surface area (TPSA) is 98.7 Å². The van der Waals surface area contributed by atoms with Crippen LogP contribution in [0.15, 0.2) is 58.3 Å². The van der Waals surface area contributed by atoms with Crippen molar-refractivity contribution in [1.29, 1.82) is 0 Å². The van der Waals surface area contributed by atoms with Gasteiger partial charge in [-0.05, 0) is 24.3 Å². The van der Waals surface area contributed by atoms with Crippen molar-refractivity contribution < 1.29 is 36.9 Å². The fraction of sp³-hybridized carbons (Fsp3) is 0.125. The first-order valence-electron chi connectivity index (χ1n) is 7.27. The zero-order chi connectivity index (χ0) is 18.9. The summed E-state index contributed by atoms with van der Waals surface area (Å²) in [5.41, 5.74) is 1.65. The molecule has 6 nitrogen and oxygen atoms in total. The van der Waals surface area contributed by atoms with Crippen LogP contribution < -0.4 is 10.6 Å². The Morgan fingerprint density at radius 3 is 1.41 bits per heavy atom. The number of carbonyl (C=O) groups is 2. The molecule has 2 aromatic rings. The standard InChI is InChI=1S/2C8H7NO2S2.Cu/c2*10-7(11)8(12)9-5-3-1-2-4-6(5)13-8;/h2*1-4,9,12H,(H,10,11);. The molecule has 27 heavy (non-hydrogen) atoms. The number of aliphatic carboxylic acids is 2. The van der Waals surface area contributed by atoms with Gasteiger partial charge < -0.3 is 20.8 Å². The molecule has 147 valence electrons. The Balaban J connectivity index is 0.000000187. The van der Waals surface area contributed by atoms with Gasteiger partial charge in [0.2, 0.25) is 8.41 Å². The van der Waals surface area contributed by atoms with Gasteiger partial charge in [-0.2, -0.15) is 0 Å². The van der Waals surface area contributed by atoms with Gasteiger partial charge in [0, 0.05) is 26.9 Å². The van der Waals surface area contributed by atoms with E-state index in [2.05, 4.69) is 35.9 Å². The van der Waals surface area contributed by atoms with Crippen LogP contribution in [0.25, 0.3) is 0 Å². The van der Waals surface area contributed by atoms with E-state index in [1.165, 1.54) is 23.5 Å². The zero-order valence-corrected chi connectivity index (χ0v) is 17.7. The molecular weight excluding hydrogens is 476 g/mol. The number of fused-ring (bicyclic) bond motifs is 2. The third-order valence-corrected chi connectivity index (χ3v) is 6.93. The summed E-state index contributed by atoms with van der Waals surface area (Å²) in [5.74, 6) is -1.95. The number of benzene rings is 2. The Hall–Kier alpha value is -1.10. The minimum absolute atomic E-state index is 0. The Labute approximate surface area is 185 Å². The van der Waals surface area contributed by atoms with Crippen LogP contribution in [0.3, 0.4) is 0 Å². The van der Waals surface area contributed by atoms with Crippen LogP contribution in [0.5, 0.6) is 0 Å². The van der Waals surface area contributed by atoms with Crippen molar-refractivity contribution in [2.45, 2.75) is 18.2 Å². The molecule has 2 aliphatic rings. The molecule has 0 amide bonds. The molecular formula is C16H14CuN2O4S4. The van der Waals surface area contributed by atoms with Gasteiger partial charge in [-0.25, -0.2) is 9.59 Å². The number of carboxylic acids is 2. The summed E-state index contributed by atoms with van der Waals surface area (Å²) in [7, 11) is 0. The summed E-state index contributed by atoms with van der Waals surface area (Å²) in [6.07, 6.45) is 0. The molecule has 2 aromatic carbocycles. The van der Waals surface area contributed by atoms with Crippen LogP contribution in [0.2, 0.25) is 0 Å². The number of anilines is 2. The molecule has 2 atom stereocenters. The summed E-state index contributed by atoms with van der Waals surface area (Å²) < 4.78 is -2.44. The van der Waals surface area contributed by atoms with Gasteiger partial charge in [0.05, 0.1) is 11.4 Å². The summed E-state index contributed by atoms with van der Waals surface area (Å²) in [5, 5.41) is 23.4. The summed E-state index contributed by atoms with van der Waals surface area (Å²) in [6.45, 7) is 0. The Morgan fingerprint density at radius 1 is 0.778 bits per heavy atom. The Kier molecular flexibility index (Phi) is 6.99. The molecule has 4 N–H and O–H groups in total. The molecule has 0 saturated heterocycles. The molecule has 4 rings (SSSR count). The third kappa shape index (κ3) is 4.67.